The van der Waals surface area contributed by atoms with Crippen molar-refractivity contribution in [3.05, 3.63) is 65.2 Å². The molecule has 1 aliphatic rings. The summed E-state index contributed by atoms with van der Waals surface area (Å²) in [5.41, 5.74) is 1.24. The van der Waals surface area contributed by atoms with Gasteiger partial charge in [-0.3, -0.25) is 4.99 Å². The van der Waals surface area contributed by atoms with Gasteiger partial charge in [0.1, 0.15) is 5.82 Å². The molecule has 6 heteroatoms. The average Bonchev–Trinajstić information content (AvgIpc) is 3.39. The first-order chi connectivity index (χ1) is 12.0. The number of rotatable bonds is 5. The van der Waals surface area contributed by atoms with Crippen LogP contribution in [0.1, 0.15) is 24.0 Å². The number of nitrogens with zero attached hydrogens (tertiary/aromatic N) is 1. The summed E-state index contributed by atoms with van der Waals surface area (Å²) in [4.78, 5) is 4.15. The molecule has 1 aliphatic carbocycles. The molecule has 3 N–H and O–H groups in total. The van der Waals surface area contributed by atoms with Crippen molar-refractivity contribution >= 4 is 5.96 Å². The molecule has 0 bridgehead atoms. The number of hydrogen-bond donors (Lipinski definition) is 3. The van der Waals surface area contributed by atoms with E-state index in [1.54, 1.807) is 19.2 Å². The molecular formula is C19H21F2N3O. The van der Waals surface area contributed by atoms with Gasteiger partial charge in [0.2, 0.25) is 0 Å². The highest BCUT2D eigenvalue weighted by atomic mass is 19.1. The molecule has 0 aliphatic heterocycles. The minimum absolute atomic E-state index is 0.177. The fraction of sp³-hybridized carbons (Fsp3) is 0.316. The van der Waals surface area contributed by atoms with Crippen molar-refractivity contribution < 1.29 is 13.9 Å². The normalized spacial score (nSPS) is 15.7. The number of phenolic OH excluding ortho intramolecular Hbond substituents is 1. The van der Waals surface area contributed by atoms with E-state index in [1.165, 1.54) is 18.2 Å². The maximum atomic E-state index is 14.0. The Balaban J connectivity index is 1.58. The second-order valence-corrected chi connectivity index (χ2v) is 6.33. The number of hydrogen-bond acceptors (Lipinski definition) is 2. The highest BCUT2D eigenvalue weighted by molar-refractivity contribution is 5.79. The Labute approximate surface area is 145 Å². The predicted molar refractivity (Wildman–Crippen MR) is 93.6 cm³/mol. The molecule has 0 amide bonds. The lowest BCUT2D eigenvalue weighted by molar-refractivity contribution is 0.431. The van der Waals surface area contributed by atoms with Crippen molar-refractivity contribution in [2.24, 2.45) is 4.99 Å². The SMILES string of the molecule is CN=C(NCc1ccc(O)c(F)c1)NCC1(c2ccccc2F)CC1. The number of aliphatic imine (C=N–C) groups is 1. The van der Waals surface area contributed by atoms with E-state index < -0.39 is 5.82 Å². The number of phenols is 1. The molecule has 1 saturated carbocycles. The Kier molecular flexibility index (Phi) is 4.88. The fourth-order valence-corrected chi connectivity index (χ4v) is 2.90. The van der Waals surface area contributed by atoms with Crippen LogP contribution in [-0.4, -0.2) is 24.7 Å². The number of guanidine groups is 1. The molecule has 25 heavy (non-hydrogen) atoms. The minimum Gasteiger partial charge on any atom is -0.505 e. The van der Waals surface area contributed by atoms with Crippen molar-refractivity contribution in [1.82, 2.24) is 10.6 Å². The molecule has 3 rings (SSSR count). The zero-order valence-electron chi connectivity index (χ0n) is 14.0. The number of nitrogens with one attached hydrogen (secondary N) is 2. The van der Waals surface area contributed by atoms with E-state index in [-0.39, 0.29) is 17.0 Å². The first kappa shape index (κ1) is 17.2. The first-order valence-electron chi connectivity index (χ1n) is 8.21. The lowest BCUT2D eigenvalue weighted by Crippen LogP contribution is -2.41. The zero-order chi connectivity index (χ0) is 17.9. The topological polar surface area (TPSA) is 56.7 Å². The van der Waals surface area contributed by atoms with E-state index in [2.05, 4.69) is 15.6 Å². The van der Waals surface area contributed by atoms with E-state index in [0.717, 1.165) is 18.4 Å². The van der Waals surface area contributed by atoms with E-state index >= 15 is 0 Å². The van der Waals surface area contributed by atoms with Gasteiger partial charge in [0.05, 0.1) is 0 Å². The third-order valence-corrected chi connectivity index (χ3v) is 4.59. The smallest absolute Gasteiger partial charge is 0.191 e. The van der Waals surface area contributed by atoms with Crippen molar-refractivity contribution in [3.8, 4) is 5.75 Å². The van der Waals surface area contributed by atoms with E-state index in [9.17, 15) is 13.9 Å². The second-order valence-electron chi connectivity index (χ2n) is 6.33. The van der Waals surface area contributed by atoms with E-state index in [1.807, 2.05) is 12.1 Å². The molecule has 132 valence electrons. The van der Waals surface area contributed by atoms with Gasteiger partial charge in [-0.15, -0.1) is 0 Å². The van der Waals surface area contributed by atoms with Crippen LogP contribution in [0.5, 0.6) is 5.75 Å². The Morgan fingerprint density at radius 3 is 2.52 bits per heavy atom. The second kappa shape index (κ2) is 7.09. The lowest BCUT2D eigenvalue weighted by Gasteiger charge is -2.19. The number of aromatic hydroxyl groups is 1. The van der Waals surface area contributed by atoms with Crippen LogP contribution < -0.4 is 10.6 Å². The van der Waals surface area contributed by atoms with Crippen molar-refractivity contribution in [1.29, 1.82) is 0 Å². The molecule has 1 fully saturated rings. The molecule has 4 nitrogen and oxygen atoms in total. The van der Waals surface area contributed by atoms with Crippen molar-refractivity contribution in [2.45, 2.75) is 24.8 Å². The lowest BCUT2D eigenvalue weighted by atomic mass is 9.95. The number of benzene rings is 2. The maximum Gasteiger partial charge on any atom is 0.191 e. The van der Waals surface area contributed by atoms with Crippen molar-refractivity contribution in [3.63, 3.8) is 0 Å². The molecule has 0 heterocycles. The summed E-state index contributed by atoms with van der Waals surface area (Å²) in [5.74, 6) is -0.633. The predicted octanol–water partition coefficient (Wildman–Crippen LogP) is 3.07. The Hall–Kier alpha value is -2.63. The third kappa shape index (κ3) is 3.90. The molecule has 2 aromatic rings. The van der Waals surface area contributed by atoms with Crippen LogP contribution in [0.4, 0.5) is 8.78 Å². The van der Waals surface area contributed by atoms with Gasteiger partial charge in [-0.1, -0.05) is 24.3 Å². The van der Waals surface area contributed by atoms with Gasteiger partial charge in [0.25, 0.3) is 0 Å². The summed E-state index contributed by atoms with van der Waals surface area (Å²) in [6, 6.07) is 11.1. The molecule has 0 saturated heterocycles. The average molecular weight is 345 g/mol. The largest absolute Gasteiger partial charge is 0.505 e. The fourth-order valence-electron chi connectivity index (χ4n) is 2.90. The van der Waals surface area contributed by atoms with Crippen LogP contribution in [0.15, 0.2) is 47.5 Å². The zero-order valence-corrected chi connectivity index (χ0v) is 14.0. The summed E-state index contributed by atoms with van der Waals surface area (Å²) >= 11 is 0. The molecule has 0 unspecified atom stereocenters. The molecular weight excluding hydrogens is 324 g/mol. The van der Waals surface area contributed by atoms with Crippen LogP contribution in [0.25, 0.3) is 0 Å². The van der Waals surface area contributed by atoms with Gasteiger partial charge in [-0.2, -0.15) is 0 Å². The van der Waals surface area contributed by atoms with Gasteiger partial charge in [-0.25, -0.2) is 8.78 Å². The van der Waals surface area contributed by atoms with Gasteiger partial charge in [-0.05, 0) is 42.2 Å². The van der Waals surface area contributed by atoms with E-state index in [0.29, 0.717) is 24.6 Å². The summed E-state index contributed by atoms with van der Waals surface area (Å²) in [7, 11) is 1.65. The molecule has 0 radical (unpaired) electrons. The van der Waals surface area contributed by atoms with Crippen molar-refractivity contribution in [2.75, 3.05) is 13.6 Å². The van der Waals surface area contributed by atoms with Crippen LogP contribution in [0.2, 0.25) is 0 Å². The van der Waals surface area contributed by atoms with Gasteiger partial charge >= 0.3 is 0 Å². The third-order valence-electron chi connectivity index (χ3n) is 4.59. The summed E-state index contributed by atoms with van der Waals surface area (Å²) in [6.07, 6.45) is 1.86. The van der Waals surface area contributed by atoms with Crippen LogP contribution in [-0.2, 0) is 12.0 Å². The monoisotopic (exact) mass is 345 g/mol. The van der Waals surface area contributed by atoms with Crippen LogP contribution in [0, 0.1) is 11.6 Å². The Morgan fingerprint density at radius 2 is 1.88 bits per heavy atom. The van der Waals surface area contributed by atoms with Crippen LogP contribution in [0.3, 0.4) is 0 Å². The quantitative estimate of drug-likeness (QED) is 0.577. The molecule has 0 atom stereocenters. The first-order valence-corrected chi connectivity index (χ1v) is 8.21. The Bertz CT molecular complexity index is 788. The highest BCUT2D eigenvalue weighted by Gasteiger charge is 2.45. The Morgan fingerprint density at radius 1 is 1.12 bits per heavy atom. The van der Waals surface area contributed by atoms with Crippen LogP contribution >= 0.6 is 0 Å². The highest BCUT2D eigenvalue weighted by Crippen LogP contribution is 2.48. The standard InChI is InChI=1S/C19H21F2N3O/c1-22-18(23-11-13-6-7-17(25)16(21)10-13)24-12-19(8-9-19)14-4-2-3-5-15(14)20/h2-7,10,25H,8-9,11-12H2,1H3,(H2,22,23,24). The van der Waals surface area contributed by atoms with Gasteiger partial charge in [0, 0.05) is 25.6 Å². The molecule has 2 aromatic carbocycles. The molecule has 0 spiro atoms. The van der Waals surface area contributed by atoms with Gasteiger partial charge < -0.3 is 15.7 Å². The summed E-state index contributed by atoms with van der Waals surface area (Å²) in [6.45, 7) is 0.946. The minimum atomic E-state index is -0.654. The summed E-state index contributed by atoms with van der Waals surface area (Å²) in [5, 5.41) is 15.5. The van der Waals surface area contributed by atoms with E-state index in [4.69, 9.17) is 0 Å². The van der Waals surface area contributed by atoms with Gasteiger partial charge in [0.15, 0.2) is 17.5 Å². The maximum absolute atomic E-state index is 14.0. The summed E-state index contributed by atoms with van der Waals surface area (Å²) < 4.78 is 27.4. The number of halogens is 2. The molecule has 0 aromatic heterocycles.